The van der Waals surface area contributed by atoms with Gasteiger partial charge < -0.3 is 10.8 Å². The van der Waals surface area contributed by atoms with Crippen molar-refractivity contribution in [1.29, 1.82) is 0 Å². The van der Waals surface area contributed by atoms with E-state index >= 15 is 0 Å². The van der Waals surface area contributed by atoms with Gasteiger partial charge in [-0.2, -0.15) is 0 Å². The SMILES string of the molecule is CCCC(C(=O)O)N(C)C.CCCCCN. The van der Waals surface area contributed by atoms with Crippen LogP contribution in [0.4, 0.5) is 0 Å². The molecule has 0 aromatic heterocycles. The fourth-order valence-electron chi connectivity index (χ4n) is 1.27. The van der Waals surface area contributed by atoms with Gasteiger partial charge in [-0.05, 0) is 33.5 Å². The van der Waals surface area contributed by atoms with Gasteiger partial charge in [0.15, 0.2) is 0 Å². The molecular formula is C12H28N2O2. The Balaban J connectivity index is 0. The van der Waals surface area contributed by atoms with Gasteiger partial charge in [-0.25, -0.2) is 0 Å². The van der Waals surface area contributed by atoms with E-state index in [4.69, 9.17) is 10.8 Å². The molecule has 0 aliphatic heterocycles. The third kappa shape index (κ3) is 11.5. The van der Waals surface area contributed by atoms with Crippen LogP contribution in [0.1, 0.15) is 46.0 Å². The van der Waals surface area contributed by atoms with E-state index in [0.717, 1.165) is 19.4 Å². The molecule has 0 spiro atoms. The van der Waals surface area contributed by atoms with Crippen LogP contribution in [-0.2, 0) is 4.79 Å². The monoisotopic (exact) mass is 232 g/mol. The molecule has 3 N–H and O–H groups in total. The highest BCUT2D eigenvalue weighted by molar-refractivity contribution is 5.73. The fourth-order valence-corrected chi connectivity index (χ4v) is 1.27. The topological polar surface area (TPSA) is 66.6 Å². The molecule has 0 aliphatic rings. The van der Waals surface area contributed by atoms with Crippen molar-refractivity contribution < 1.29 is 9.90 Å². The van der Waals surface area contributed by atoms with Crippen LogP contribution in [0.25, 0.3) is 0 Å². The van der Waals surface area contributed by atoms with Crippen LogP contribution in [0.15, 0.2) is 0 Å². The minimum atomic E-state index is -0.730. The predicted molar refractivity (Wildman–Crippen MR) is 68.6 cm³/mol. The van der Waals surface area contributed by atoms with Crippen molar-refractivity contribution in [3.63, 3.8) is 0 Å². The van der Waals surface area contributed by atoms with Crippen LogP contribution >= 0.6 is 0 Å². The lowest BCUT2D eigenvalue weighted by Gasteiger charge is -2.18. The summed E-state index contributed by atoms with van der Waals surface area (Å²) >= 11 is 0. The molecule has 0 saturated carbocycles. The van der Waals surface area contributed by atoms with Gasteiger partial charge in [0.2, 0.25) is 0 Å². The third-order valence-corrected chi connectivity index (χ3v) is 2.28. The minimum absolute atomic E-state index is 0.315. The Morgan fingerprint density at radius 2 is 1.81 bits per heavy atom. The molecule has 0 radical (unpaired) electrons. The molecule has 16 heavy (non-hydrogen) atoms. The number of carboxylic acids is 1. The Morgan fingerprint density at radius 3 is 1.94 bits per heavy atom. The zero-order valence-corrected chi connectivity index (χ0v) is 11.2. The number of nitrogens with zero attached hydrogens (tertiary/aromatic N) is 1. The molecule has 0 fully saturated rings. The van der Waals surface area contributed by atoms with Crippen LogP contribution < -0.4 is 5.73 Å². The number of unbranched alkanes of at least 4 members (excludes halogenated alkanes) is 2. The highest BCUT2D eigenvalue weighted by Gasteiger charge is 2.17. The summed E-state index contributed by atoms with van der Waals surface area (Å²) in [7, 11) is 3.57. The highest BCUT2D eigenvalue weighted by atomic mass is 16.4. The summed E-state index contributed by atoms with van der Waals surface area (Å²) < 4.78 is 0. The first-order chi connectivity index (χ1) is 7.51. The lowest BCUT2D eigenvalue weighted by atomic mass is 10.1. The second-order valence-corrected chi connectivity index (χ2v) is 4.10. The largest absolute Gasteiger partial charge is 0.480 e. The molecule has 0 saturated heterocycles. The maximum absolute atomic E-state index is 10.5. The Bertz CT molecular complexity index is 157. The second kappa shape index (κ2) is 12.5. The van der Waals surface area contributed by atoms with Gasteiger partial charge in [-0.1, -0.05) is 33.1 Å². The molecule has 0 rings (SSSR count). The van der Waals surface area contributed by atoms with Crippen LogP contribution in [0, 0.1) is 0 Å². The van der Waals surface area contributed by atoms with Crippen LogP contribution in [0.2, 0.25) is 0 Å². The lowest BCUT2D eigenvalue weighted by molar-refractivity contribution is -0.142. The third-order valence-electron chi connectivity index (χ3n) is 2.28. The molecule has 4 heteroatoms. The summed E-state index contributed by atoms with van der Waals surface area (Å²) in [6.07, 6.45) is 5.39. The average Bonchev–Trinajstić information content (AvgIpc) is 2.23. The van der Waals surface area contributed by atoms with Crippen LogP contribution in [-0.4, -0.2) is 42.7 Å². The number of carbonyl (C=O) groups is 1. The molecule has 0 aromatic rings. The summed E-state index contributed by atoms with van der Waals surface area (Å²) in [5.74, 6) is -0.730. The van der Waals surface area contributed by atoms with Crippen molar-refractivity contribution in [2.45, 2.75) is 52.0 Å². The van der Waals surface area contributed by atoms with E-state index in [1.54, 1.807) is 19.0 Å². The maximum atomic E-state index is 10.5. The van der Waals surface area contributed by atoms with E-state index in [9.17, 15) is 4.79 Å². The second-order valence-electron chi connectivity index (χ2n) is 4.10. The molecule has 4 nitrogen and oxygen atoms in total. The van der Waals surface area contributed by atoms with Crippen molar-refractivity contribution in [3.8, 4) is 0 Å². The van der Waals surface area contributed by atoms with Crippen LogP contribution in [0.5, 0.6) is 0 Å². The van der Waals surface area contributed by atoms with Crippen LogP contribution in [0.3, 0.4) is 0 Å². The maximum Gasteiger partial charge on any atom is 0.320 e. The van der Waals surface area contributed by atoms with Gasteiger partial charge >= 0.3 is 5.97 Å². The van der Waals surface area contributed by atoms with Crippen molar-refractivity contribution in [3.05, 3.63) is 0 Å². The van der Waals surface area contributed by atoms with Crippen molar-refractivity contribution >= 4 is 5.97 Å². The number of carboxylic acid groups (broad SMARTS) is 1. The standard InChI is InChI=1S/C7H15NO2.C5H13N/c1-4-5-6(7(9)10)8(2)3;1-2-3-4-5-6/h6H,4-5H2,1-3H3,(H,9,10);2-6H2,1H3. The van der Waals surface area contributed by atoms with Gasteiger partial charge in [0.05, 0.1) is 0 Å². The van der Waals surface area contributed by atoms with Gasteiger partial charge in [-0.15, -0.1) is 0 Å². The minimum Gasteiger partial charge on any atom is -0.480 e. The summed E-state index contributed by atoms with van der Waals surface area (Å²) in [5.41, 5.74) is 5.21. The summed E-state index contributed by atoms with van der Waals surface area (Å²) in [6.45, 7) is 5.02. The number of aliphatic carboxylic acids is 1. The van der Waals surface area contributed by atoms with E-state index in [1.165, 1.54) is 19.3 Å². The fraction of sp³-hybridized carbons (Fsp3) is 0.917. The molecule has 0 amide bonds. The molecule has 1 unspecified atom stereocenters. The zero-order chi connectivity index (χ0) is 13.0. The van der Waals surface area contributed by atoms with E-state index in [2.05, 4.69) is 6.92 Å². The summed E-state index contributed by atoms with van der Waals surface area (Å²) in [5, 5.41) is 8.63. The first-order valence-electron chi connectivity index (χ1n) is 6.10. The van der Waals surface area contributed by atoms with Gasteiger partial charge in [-0.3, -0.25) is 9.69 Å². The number of nitrogens with two attached hydrogens (primary N) is 1. The van der Waals surface area contributed by atoms with Gasteiger partial charge in [0.25, 0.3) is 0 Å². The number of hydrogen-bond acceptors (Lipinski definition) is 3. The number of likely N-dealkylation sites (N-methyl/N-ethyl adjacent to an activating group) is 1. The summed E-state index contributed by atoms with van der Waals surface area (Å²) in [4.78, 5) is 12.2. The average molecular weight is 232 g/mol. The van der Waals surface area contributed by atoms with Gasteiger partial charge in [0, 0.05) is 0 Å². The summed E-state index contributed by atoms with van der Waals surface area (Å²) in [6, 6.07) is -0.315. The lowest BCUT2D eigenvalue weighted by Crippen LogP contribution is -2.35. The Labute approximate surface area is 99.8 Å². The normalized spacial score (nSPS) is 11.9. The first-order valence-corrected chi connectivity index (χ1v) is 6.10. The Morgan fingerprint density at radius 1 is 1.25 bits per heavy atom. The van der Waals surface area contributed by atoms with E-state index in [-0.39, 0.29) is 6.04 Å². The number of rotatable bonds is 7. The molecule has 98 valence electrons. The molecule has 1 atom stereocenters. The zero-order valence-electron chi connectivity index (χ0n) is 11.2. The van der Waals surface area contributed by atoms with E-state index in [0.29, 0.717) is 0 Å². The van der Waals surface area contributed by atoms with Gasteiger partial charge in [0.1, 0.15) is 6.04 Å². The number of hydrogen-bond donors (Lipinski definition) is 2. The smallest absolute Gasteiger partial charge is 0.320 e. The molecule has 0 aromatic carbocycles. The van der Waals surface area contributed by atoms with E-state index in [1.807, 2.05) is 6.92 Å². The Hall–Kier alpha value is -0.610. The molecule has 0 bridgehead atoms. The Kier molecular flexibility index (Phi) is 13.8. The van der Waals surface area contributed by atoms with Crippen molar-refractivity contribution in [1.82, 2.24) is 4.90 Å². The van der Waals surface area contributed by atoms with Crippen molar-refractivity contribution in [2.24, 2.45) is 5.73 Å². The molecule has 0 aliphatic carbocycles. The predicted octanol–water partition coefficient (Wildman–Crippen LogP) is 1.94. The molecule has 0 heterocycles. The molecular weight excluding hydrogens is 204 g/mol. The van der Waals surface area contributed by atoms with E-state index < -0.39 is 5.97 Å². The highest BCUT2D eigenvalue weighted by Crippen LogP contribution is 2.02. The van der Waals surface area contributed by atoms with Crippen molar-refractivity contribution in [2.75, 3.05) is 20.6 Å². The quantitative estimate of drug-likeness (QED) is 0.658. The first kappa shape index (κ1) is 17.8.